The fourth-order valence-corrected chi connectivity index (χ4v) is 2.99. The average Bonchev–Trinajstić information content (AvgIpc) is 2.91. The van der Waals surface area contributed by atoms with E-state index < -0.39 is 0 Å². The quantitative estimate of drug-likeness (QED) is 0.851. The number of hydrogen-bond acceptors (Lipinski definition) is 4. The minimum Gasteiger partial charge on any atom is -0.470 e. The molecule has 0 N–H and O–H groups in total. The highest BCUT2D eigenvalue weighted by atomic mass is 32.1. The molecule has 1 aromatic heterocycles. The first-order valence-corrected chi connectivity index (χ1v) is 6.76. The molecule has 0 radical (unpaired) electrons. The molecule has 1 aromatic carbocycles. The Balaban J connectivity index is 1.65. The first-order chi connectivity index (χ1) is 8.72. The van der Waals surface area contributed by atoms with Crippen molar-refractivity contribution in [1.29, 1.82) is 0 Å². The third kappa shape index (κ3) is 2.18. The van der Waals surface area contributed by atoms with Gasteiger partial charge in [0.05, 0.1) is 16.8 Å². The second-order valence-corrected chi connectivity index (χ2v) is 5.60. The molecule has 2 aromatic rings. The standard InChI is InChI=1S/C13H14N2O2S/c1-15-7-9(6-12(15)16)8-17-13-14-10-4-2-3-5-11(10)18-13/h2-5,9H,6-8H2,1H3. The van der Waals surface area contributed by atoms with Crippen LogP contribution in [0.3, 0.4) is 0 Å². The molecule has 1 fully saturated rings. The summed E-state index contributed by atoms with van der Waals surface area (Å²) >= 11 is 1.55. The number of nitrogens with zero attached hydrogens (tertiary/aromatic N) is 2. The summed E-state index contributed by atoms with van der Waals surface area (Å²) in [4.78, 5) is 17.6. The average molecular weight is 262 g/mol. The first kappa shape index (κ1) is 11.5. The van der Waals surface area contributed by atoms with Crippen LogP contribution in [0, 0.1) is 5.92 Å². The Morgan fingerprint density at radius 3 is 3.06 bits per heavy atom. The van der Waals surface area contributed by atoms with Crippen molar-refractivity contribution in [2.75, 3.05) is 20.2 Å². The minimum absolute atomic E-state index is 0.202. The van der Waals surface area contributed by atoms with Crippen molar-refractivity contribution in [2.24, 2.45) is 5.92 Å². The number of fused-ring (bicyclic) bond motifs is 1. The number of hydrogen-bond donors (Lipinski definition) is 0. The molecule has 2 heterocycles. The maximum atomic E-state index is 11.4. The summed E-state index contributed by atoms with van der Waals surface area (Å²) in [7, 11) is 1.83. The van der Waals surface area contributed by atoms with Gasteiger partial charge in [-0.1, -0.05) is 23.5 Å². The van der Waals surface area contributed by atoms with Crippen LogP contribution in [0.25, 0.3) is 10.2 Å². The molecule has 1 amide bonds. The van der Waals surface area contributed by atoms with Crippen molar-refractivity contribution in [3.05, 3.63) is 24.3 Å². The lowest BCUT2D eigenvalue weighted by molar-refractivity contribution is -0.126. The van der Waals surface area contributed by atoms with E-state index in [-0.39, 0.29) is 11.8 Å². The minimum atomic E-state index is 0.202. The van der Waals surface area contributed by atoms with Crippen molar-refractivity contribution < 1.29 is 9.53 Å². The van der Waals surface area contributed by atoms with Gasteiger partial charge in [0.2, 0.25) is 5.91 Å². The van der Waals surface area contributed by atoms with Crippen LogP contribution in [0.2, 0.25) is 0 Å². The topological polar surface area (TPSA) is 42.4 Å². The van der Waals surface area contributed by atoms with Gasteiger partial charge in [0, 0.05) is 25.9 Å². The molecule has 0 aliphatic carbocycles. The predicted molar refractivity (Wildman–Crippen MR) is 70.9 cm³/mol. The van der Waals surface area contributed by atoms with Crippen molar-refractivity contribution in [3.8, 4) is 5.19 Å². The van der Waals surface area contributed by atoms with Crippen LogP contribution >= 0.6 is 11.3 Å². The smallest absolute Gasteiger partial charge is 0.274 e. The first-order valence-electron chi connectivity index (χ1n) is 5.95. The molecule has 94 valence electrons. The molecular formula is C13H14N2O2S. The van der Waals surface area contributed by atoms with Crippen molar-refractivity contribution >= 4 is 27.5 Å². The molecule has 3 rings (SSSR count). The predicted octanol–water partition coefficient (Wildman–Crippen LogP) is 2.15. The second kappa shape index (κ2) is 4.57. The molecule has 1 saturated heterocycles. The van der Waals surface area contributed by atoms with Crippen LogP contribution < -0.4 is 4.74 Å². The maximum Gasteiger partial charge on any atom is 0.274 e. The van der Waals surface area contributed by atoms with Gasteiger partial charge < -0.3 is 9.64 Å². The normalized spacial score (nSPS) is 19.7. The highest BCUT2D eigenvalue weighted by molar-refractivity contribution is 7.20. The van der Waals surface area contributed by atoms with E-state index in [9.17, 15) is 4.79 Å². The van der Waals surface area contributed by atoms with Gasteiger partial charge in [0.1, 0.15) is 0 Å². The van der Waals surface area contributed by atoms with E-state index in [4.69, 9.17) is 4.74 Å². The van der Waals surface area contributed by atoms with Gasteiger partial charge in [-0.3, -0.25) is 4.79 Å². The number of rotatable bonds is 3. The summed E-state index contributed by atoms with van der Waals surface area (Å²) in [6.45, 7) is 1.35. The summed E-state index contributed by atoms with van der Waals surface area (Å²) in [6.07, 6.45) is 0.585. The van der Waals surface area contributed by atoms with E-state index in [2.05, 4.69) is 4.98 Å². The van der Waals surface area contributed by atoms with Gasteiger partial charge in [-0.2, -0.15) is 0 Å². The number of likely N-dealkylation sites (tertiary alicyclic amines) is 1. The monoisotopic (exact) mass is 262 g/mol. The van der Waals surface area contributed by atoms with Crippen molar-refractivity contribution in [3.63, 3.8) is 0 Å². The Labute approximate surface area is 109 Å². The third-order valence-electron chi connectivity index (χ3n) is 3.14. The Morgan fingerprint density at radius 2 is 2.33 bits per heavy atom. The highest BCUT2D eigenvalue weighted by Gasteiger charge is 2.27. The lowest BCUT2D eigenvalue weighted by Gasteiger charge is -2.09. The van der Waals surface area contributed by atoms with Crippen molar-refractivity contribution in [2.45, 2.75) is 6.42 Å². The molecule has 0 spiro atoms. The van der Waals surface area contributed by atoms with Gasteiger partial charge in [-0.25, -0.2) is 4.98 Å². The lowest BCUT2D eigenvalue weighted by Crippen LogP contribution is -2.20. The molecule has 4 nitrogen and oxygen atoms in total. The molecule has 1 atom stereocenters. The Bertz CT molecular complexity index is 548. The zero-order valence-electron chi connectivity index (χ0n) is 10.1. The molecule has 0 bridgehead atoms. The number of aromatic nitrogens is 1. The molecule has 18 heavy (non-hydrogen) atoms. The number of benzene rings is 1. The molecule has 1 aliphatic heterocycles. The van der Waals surface area contributed by atoms with Crippen LogP contribution in [0.15, 0.2) is 24.3 Å². The highest BCUT2D eigenvalue weighted by Crippen LogP contribution is 2.28. The molecule has 5 heteroatoms. The number of thiazole rings is 1. The van der Waals surface area contributed by atoms with Gasteiger partial charge >= 0.3 is 0 Å². The maximum absolute atomic E-state index is 11.4. The van der Waals surface area contributed by atoms with E-state index in [0.29, 0.717) is 18.2 Å². The van der Waals surface area contributed by atoms with Crippen molar-refractivity contribution in [1.82, 2.24) is 9.88 Å². The van der Waals surface area contributed by atoms with E-state index in [1.807, 2.05) is 31.3 Å². The lowest BCUT2D eigenvalue weighted by atomic mass is 10.1. The Morgan fingerprint density at radius 1 is 1.50 bits per heavy atom. The van der Waals surface area contributed by atoms with Gasteiger partial charge in [-0.05, 0) is 12.1 Å². The van der Waals surface area contributed by atoms with Crippen LogP contribution in [-0.2, 0) is 4.79 Å². The van der Waals surface area contributed by atoms with Gasteiger partial charge in [0.15, 0.2) is 0 Å². The summed E-state index contributed by atoms with van der Waals surface area (Å²) in [5.74, 6) is 0.488. The van der Waals surface area contributed by atoms with Crippen LogP contribution in [0.5, 0.6) is 5.19 Å². The summed E-state index contributed by atoms with van der Waals surface area (Å²) in [5, 5.41) is 0.693. The summed E-state index contributed by atoms with van der Waals surface area (Å²) in [6, 6.07) is 7.98. The van der Waals surface area contributed by atoms with Gasteiger partial charge in [-0.15, -0.1) is 0 Å². The zero-order valence-corrected chi connectivity index (χ0v) is 10.9. The van der Waals surface area contributed by atoms with Crippen LogP contribution in [0.1, 0.15) is 6.42 Å². The second-order valence-electron chi connectivity index (χ2n) is 4.60. The number of amides is 1. The molecule has 1 unspecified atom stereocenters. The van der Waals surface area contributed by atoms with E-state index in [1.165, 1.54) is 0 Å². The molecule has 0 saturated carbocycles. The molecule has 1 aliphatic rings. The molecular weight excluding hydrogens is 248 g/mol. The Hall–Kier alpha value is -1.62. The fourth-order valence-electron chi connectivity index (χ4n) is 2.17. The number of carbonyl (C=O) groups is 1. The van der Waals surface area contributed by atoms with E-state index in [0.717, 1.165) is 16.8 Å². The number of para-hydroxylation sites is 1. The fraction of sp³-hybridized carbons (Fsp3) is 0.385. The van der Waals surface area contributed by atoms with Crippen LogP contribution in [-0.4, -0.2) is 36.0 Å². The number of ether oxygens (including phenoxy) is 1. The Kier molecular flexibility index (Phi) is 2.91. The van der Waals surface area contributed by atoms with E-state index in [1.54, 1.807) is 16.2 Å². The summed E-state index contributed by atoms with van der Waals surface area (Å²) in [5.41, 5.74) is 0.970. The van der Waals surface area contributed by atoms with Gasteiger partial charge in [0.25, 0.3) is 5.19 Å². The zero-order chi connectivity index (χ0) is 12.5. The largest absolute Gasteiger partial charge is 0.470 e. The van der Waals surface area contributed by atoms with Crippen LogP contribution in [0.4, 0.5) is 0 Å². The SMILES string of the molecule is CN1CC(COc2nc3ccccc3s2)CC1=O. The third-order valence-corrected chi connectivity index (χ3v) is 4.09. The number of carbonyl (C=O) groups excluding carboxylic acids is 1. The van der Waals surface area contributed by atoms with E-state index >= 15 is 0 Å². The summed E-state index contributed by atoms with van der Waals surface area (Å²) < 4.78 is 6.83.